The first-order valence-corrected chi connectivity index (χ1v) is 7.03. The number of carbonyl (C=O) groups excluding carboxylic acids is 2. The van der Waals surface area contributed by atoms with Crippen LogP contribution < -0.4 is 15.8 Å². The molecule has 0 aliphatic heterocycles. The van der Waals surface area contributed by atoms with Crippen LogP contribution in [0.2, 0.25) is 10.0 Å². The molecule has 2 aromatic rings. The number of ketones is 1. The van der Waals surface area contributed by atoms with E-state index in [0.29, 0.717) is 16.3 Å². The predicted molar refractivity (Wildman–Crippen MR) is 85.9 cm³/mol. The van der Waals surface area contributed by atoms with E-state index in [4.69, 9.17) is 33.7 Å². The van der Waals surface area contributed by atoms with E-state index in [0.717, 1.165) is 0 Å². The lowest BCUT2D eigenvalue weighted by atomic mass is 10.1. The number of Topliss-reactive ketones (excluding diaryl/α,β-unsaturated/α-hetero) is 1. The van der Waals surface area contributed by atoms with Crippen LogP contribution in [0.25, 0.3) is 0 Å². The van der Waals surface area contributed by atoms with E-state index in [1.165, 1.54) is 24.3 Å². The zero-order valence-corrected chi connectivity index (χ0v) is 12.8. The Balaban J connectivity index is 2.03. The van der Waals surface area contributed by atoms with E-state index in [-0.39, 0.29) is 23.1 Å². The maximum absolute atomic E-state index is 11.8. The van der Waals surface area contributed by atoms with Crippen LogP contribution in [0, 0.1) is 0 Å². The average molecular weight is 339 g/mol. The molecule has 0 aliphatic carbocycles. The molecule has 0 heterocycles. The molecular formula is C15H12Cl2N2O3. The van der Waals surface area contributed by atoms with E-state index in [9.17, 15) is 9.59 Å². The zero-order chi connectivity index (χ0) is 16.1. The molecule has 7 heteroatoms. The second-order valence-electron chi connectivity index (χ2n) is 4.27. The van der Waals surface area contributed by atoms with Crippen molar-refractivity contribution < 1.29 is 14.3 Å². The van der Waals surface area contributed by atoms with Gasteiger partial charge in [0.25, 0.3) is 0 Å². The van der Waals surface area contributed by atoms with E-state index in [2.05, 4.69) is 5.32 Å². The van der Waals surface area contributed by atoms with E-state index < -0.39 is 6.09 Å². The summed E-state index contributed by atoms with van der Waals surface area (Å²) in [6, 6.07) is 10.9. The predicted octanol–water partition coefficient (Wildman–Crippen LogP) is 3.75. The summed E-state index contributed by atoms with van der Waals surface area (Å²) in [5, 5.41) is 3.03. The minimum absolute atomic E-state index is 0.0754. The minimum Gasteiger partial charge on any atom is -0.410 e. The summed E-state index contributed by atoms with van der Waals surface area (Å²) in [7, 11) is 0. The summed E-state index contributed by atoms with van der Waals surface area (Å²) in [5.41, 5.74) is 6.06. The Labute approximate surface area is 137 Å². The van der Waals surface area contributed by atoms with Gasteiger partial charge in [-0.1, -0.05) is 29.3 Å². The van der Waals surface area contributed by atoms with Crippen LogP contribution in [-0.2, 0) is 0 Å². The molecule has 0 fully saturated rings. The van der Waals surface area contributed by atoms with Gasteiger partial charge in [0.1, 0.15) is 5.75 Å². The van der Waals surface area contributed by atoms with Gasteiger partial charge in [-0.05, 0) is 36.4 Å². The highest BCUT2D eigenvalue weighted by Crippen LogP contribution is 2.29. The molecule has 1 amide bonds. The van der Waals surface area contributed by atoms with Crippen molar-refractivity contribution in [3.63, 3.8) is 0 Å². The number of hydrogen-bond donors (Lipinski definition) is 2. The third kappa shape index (κ3) is 3.98. The second-order valence-corrected chi connectivity index (χ2v) is 5.05. The molecule has 0 radical (unpaired) electrons. The van der Waals surface area contributed by atoms with Crippen molar-refractivity contribution in [2.75, 3.05) is 11.9 Å². The topological polar surface area (TPSA) is 81.4 Å². The van der Waals surface area contributed by atoms with Crippen molar-refractivity contribution >= 4 is 40.8 Å². The van der Waals surface area contributed by atoms with Crippen molar-refractivity contribution in [1.29, 1.82) is 0 Å². The summed E-state index contributed by atoms with van der Waals surface area (Å²) in [4.78, 5) is 23.2. The number of amides is 1. The second kappa shape index (κ2) is 7.26. The quantitative estimate of drug-likeness (QED) is 0.832. The highest BCUT2D eigenvalue weighted by Gasteiger charge is 2.10. The minimum atomic E-state index is -0.720. The van der Waals surface area contributed by atoms with Gasteiger partial charge in [0.2, 0.25) is 0 Å². The highest BCUT2D eigenvalue weighted by molar-refractivity contribution is 6.43. The van der Waals surface area contributed by atoms with Crippen molar-refractivity contribution in [3.05, 3.63) is 58.1 Å². The SMILES string of the molecule is NCC(=O)c1ccc(OC(=O)Nc2cccc(Cl)c2Cl)cc1. The Morgan fingerprint density at radius 2 is 1.77 bits per heavy atom. The molecule has 2 rings (SSSR count). The smallest absolute Gasteiger partial charge is 0.410 e. The molecule has 0 atom stereocenters. The molecule has 22 heavy (non-hydrogen) atoms. The molecule has 0 unspecified atom stereocenters. The molecule has 0 saturated heterocycles. The van der Waals surface area contributed by atoms with Crippen LogP contribution >= 0.6 is 23.2 Å². The molecule has 3 N–H and O–H groups in total. The summed E-state index contributed by atoms with van der Waals surface area (Å²) in [6.07, 6.45) is -0.720. The molecule has 0 aliphatic rings. The molecule has 114 valence electrons. The Morgan fingerprint density at radius 3 is 2.41 bits per heavy atom. The average Bonchev–Trinajstić information content (AvgIpc) is 2.52. The molecule has 0 bridgehead atoms. The van der Waals surface area contributed by atoms with Gasteiger partial charge in [-0.3, -0.25) is 10.1 Å². The van der Waals surface area contributed by atoms with Crippen molar-refractivity contribution in [2.45, 2.75) is 0 Å². The standard InChI is InChI=1S/C15H12Cl2N2O3/c16-11-2-1-3-12(14(11)17)19-15(21)22-10-6-4-9(5-7-10)13(20)8-18/h1-7H,8,18H2,(H,19,21). The van der Waals surface area contributed by atoms with Crippen molar-refractivity contribution in [1.82, 2.24) is 0 Å². The lowest BCUT2D eigenvalue weighted by Gasteiger charge is -2.09. The van der Waals surface area contributed by atoms with Gasteiger partial charge in [0.15, 0.2) is 5.78 Å². The fourth-order valence-electron chi connectivity index (χ4n) is 1.67. The number of nitrogens with one attached hydrogen (secondary N) is 1. The first-order chi connectivity index (χ1) is 10.5. The first kappa shape index (κ1) is 16.3. The Bertz CT molecular complexity index is 702. The highest BCUT2D eigenvalue weighted by atomic mass is 35.5. The number of rotatable bonds is 4. The van der Waals surface area contributed by atoms with Crippen molar-refractivity contribution in [2.24, 2.45) is 5.73 Å². The lowest BCUT2D eigenvalue weighted by Crippen LogP contribution is -2.17. The van der Waals surface area contributed by atoms with E-state index in [1.807, 2.05) is 0 Å². The van der Waals surface area contributed by atoms with Crippen LogP contribution in [0.5, 0.6) is 5.75 Å². The molecule has 0 spiro atoms. The van der Waals surface area contributed by atoms with Gasteiger partial charge in [-0.15, -0.1) is 0 Å². The van der Waals surface area contributed by atoms with Crippen molar-refractivity contribution in [3.8, 4) is 5.75 Å². The maximum Gasteiger partial charge on any atom is 0.417 e. The zero-order valence-electron chi connectivity index (χ0n) is 11.3. The van der Waals surface area contributed by atoms with Crippen LogP contribution in [-0.4, -0.2) is 18.4 Å². The number of ether oxygens (including phenoxy) is 1. The summed E-state index contributed by atoms with van der Waals surface area (Å²) in [6.45, 7) is -0.0754. The van der Waals surface area contributed by atoms with Gasteiger partial charge in [0, 0.05) is 5.56 Å². The fraction of sp³-hybridized carbons (Fsp3) is 0.0667. The number of halogens is 2. The fourth-order valence-corrected chi connectivity index (χ4v) is 2.02. The Morgan fingerprint density at radius 1 is 1.09 bits per heavy atom. The summed E-state index contributed by atoms with van der Waals surface area (Å²) in [5.74, 6) is 0.0888. The van der Waals surface area contributed by atoms with E-state index in [1.54, 1.807) is 18.2 Å². The molecule has 0 saturated carbocycles. The van der Waals surface area contributed by atoms with Gasteiger partial charge in [-0.2, -0.15) is 0 Å². The number of carbonyl (C=O) groups is 2. The third-order valence-electron chi connectivity index (χ3n) is 2.76. The summed E-state index contributed by atoms with van der Waals surface area (Å²) >= 11 is 11.8. The Hall–Kier alpha value is -2.08. The first-order valence-electron chi connectivity index (χ1n) is 6.27. The number of hydrogen-bond acceptors (Lipinski definition) is 4. The third-order valence-corrected chi connectivity index (χ3v) is 3.58. The molecular weight excluding hydrogens is 327 g/mol. The van der Waals surface area contributed by atoms with Crippen LogP contribution in [0.3, 0.4) is 0 Å². The number of nitrogens with two attached hydrogens (primary N) is 1. The van der Waals surface area contributed by atoms with Crippen LogP contribution in [0.1, 0.15) is 10.4 Å². The van der Waals surface area contributed by atoms with Gasteiger partial charge >= 0.3 is 6.09 Å². The monoisotopic (exact) mass is 338 g/mol. The molecule has 0 aromatic heterocycles. The summed E-state index contributed by atoms with van der Waals surface area (Å²) < 4.78 is 5.09. The lowest BCUT2D eigenvalue weighted by molar-refractivity contribution is 0.100. The maximum atomic E-state index is 11.8. The molecule has 5 nitrogen and oxygen atoms in total. The Kier molecular flexibility index (Phi) is 5.38. The molecule has 2 aromatic carbocycles. The van der Waals surface area contributed by atoms with Gasteiger partial charge < -0.3 is 10.5 Å². The van der Waals surface area contributed by atoms with Gasteiger partial charge in [-0.25, -0.2) is 4.79 Å². The number of anilines is 1. The number of benzene rings is 2. The van der Waals surface area contributed by atoms with Crippen LogP contribution in [0.4, 0.5) is 10.5 Å². The van der Waals surface area contributed by atoms with E-state index >= 15 is 0 Å². The normalized spacial score (nSPS) is 10.1. The van der Waals surface area contributed by atoms with Crippen LogP contribution in [0.15, 0.2) is 42.5 Å². The largest absolute Gasteiger partial charge is 0.417 e. The van der Waals surface area contributed by atoms with Gasteiger partial charge in [0.05, 0.1) is 22.3 Å².